The third-order valence-electron chi connectivity index (χ3n) is 2.72. The SMILES string of the molecule is CCC(c1ccccn1)N(C)C(=O)C(C)C. The Balaban J connectivity index is 2.87. The van der Waals surface area contributed by atoms with Crippen LogP contribution in [0.3, 0.4) is 0 Å². The molecule has 0 bridgehead atoms. The Morgan fingerprint density at radius 3 is 2.56 bits per heavy atom. The quantitative estimate of drug-likeness (QED) is 0.781. The number of carbonyl (C=O) groups excluding carboxylic acids is 1. The highest BCUT2D eigenvalue weighted by Crippen LogP contribution is 2.22. The number of pyridine rings is 1. The molecule has 1 amide bonds. The van der Waals surface area contributed by atoms with Crippen molar-refractivity contribution in [2.24, 2.45) is 5.92 Å². The van der Waals surface area contributed by atoms with Gasteiger partial charge in [0.25, 0.3) is 0 Å². The molecule has 1 aromatic heterocycles. The number of aromatic nitrogens is 1. The molecule has 0 saturated carbocycles. The maximum absolute atomic E-state index is 11.9. The predicted molar refractivity (Wildman–Crippen MR) is 64.9 cm³/mol. The Labute approximate surface area is 97.5 Å². The molecule has 0 spiro atoms. The molecular formula is C13H20N2O. The molecule has 16 heavy (non-hydrogen) atoms. The lowest BCUT2D eigenvalue weighted by molar-refractivity contribution is -0.135. The van der Waals surface area contributed by atoms with Gasteiger partial charge in [-0.25, -0.2) is 0 Å². The second kappa shape index (κ2) is 5.64. The first-order valence-electron chi connectivity index (χ1n) is 5.75. The summed E-state index contributed by atoms with van der Waals surface area (Å²) in [5.41, 5.74) is 0.960. The molecule has 1 atom stereocenters. The lowest BCUT2D eigenvalue weighted by Crippen LogP contribution is -2.34. The van der Waals surface area contributed by atoms with Crippen molar-refractivity contribution < 1.29 is 4.79 Å². The van der Waals surface area contributed by atoms with Crippen molar-refractivity contribution in [2.45, 2.75) is 33.2 Å². The molecule has 0 aromatic carbocycles. The van der Waals surface area contributed by atoms with Gasteiger partial charge in [0.15, 0.2) is 0 Å². The molecule has 0 radical (unpaired) electrons. The van der Waals surface area contributed by atoms with Crippen LogP contribution in [0.15, 0.2) is 24.4 Å². The van der Waals surface area contributed by atoms with Crippen LogP contribution < -0.4 is 0 Å². The summed E-state index contributed by atoms with van der Waals surface area (Å²) in [6, 6.07) is 5.90. The molecular weight excluding hydrogens is 200 g/mol. The van der Waals surface area contributed by atoms with Crippen molar-refractivity contribution >= 4 is 5.91 Å². The van der Waals surface area contributed by atoms with Crippen molar-refractivity contribution in [3.8, 4) is 0 Å². The smallest absolute Gasteiger partial charge is 0.225 e. The molecule has 3 nitrogen and oxygen atoms in total. The van der Waals surface area contributed by atoms with Gasteiger partial charge in [-0.1, -0.05) is 26.8 Å². The van der Waals surface area contributed by atoms with Crippen LogP contribution in [0.5, 0.6) is 0 Å². The molecule has 0 N–H and O–H groups in total. The molecule has 3 heteroatoms. The second-order valence-electron chi connectivity index (χ2n) is 4.28. The van der Waals surface area contributed by atoms with Crippen LogP contribution in [0.4, 0.5) is 0 Å². The molecule has 1 unspecified atom stereocenters. The van der Waals surface area contributed by atoms with E-state index in [1.54, 1.807) is 11.1 Å². The van der Waals surface area contributed by atoms with Crippen molar-refractivity contribution in [2.75, 3.05) is 7.05 Å². The minimum absolute atomic E-state index is 0.0303. The number of rotatable bonds is 4. The summed E-state index contributed by atoms with van der Waals surface area (Å²) in [5.74, 6) is 0.195. The van der Waals surface area contributed by atoms with E-state index in [9.17, 15) is 4.79 Å². The summed E-state index contributed by atoms with van der Waals surface area (Å²) in [4.78, 5) is 18.0. The molecule has 0 aliphatic rings. The van der Waals surface area contributed by atoms with Gasteiger partial charge in [-0.2, -0.15) is 0 Å². The number of nitrogens with zero attached hydrogens (tertiary/aromatic N) is 2. The van der Waals surface area contributed by atoms with E-state index in [-0.39, 0.29) is 17.9 Å². The van der Waals surface area contributed by atoms with Gasteiger partial charge in [-0.15, -0.1) is 0 Å². The second-order valence-corrected chi connectivity index (χ2v) is 4.28. The highest BCUT2D eigenvalue weighted by molar-refractivity contribution is 5.78. The van der Waals surface area contributed by atoms with Crippen LogP contribution in [0.25, 0.3) is 0 Å². The number of amides is 1. The Bertz CT molecular complexity index is 335. The Morgan fingerprint density at radius 2 is 2.12 bits per heavy atom. The number of carbonyl (C=O) groups is 1. The average molecular weight is 220 g/mol. The fourth-order valence-corrected chi connectivity index (χ4v) is 1.82. The zero-order valence-corrected chi connectivity index (χ0v) is 10.5. The standard InChI is InChI=1S/C13H20N2O/c1-5-12(11-8-6-7-9-14-11)15(4)13(16)10(2)3/h6-10,12H,5H2,1-4H3. The van der Waals surface area contributed by atoms with Crippen LogP contribution in [-0.2, 0) is 4.79 Å². The van der Waals surface area contributed by atoms with Crippen LogP contribution in [0.1, 0.15) is 38.9 Å². The van der Waals surface area contributed by atoms with E-state index >= 15 is 0 Å². The van der Waals surface area contributed by atoms with Crippen molar-refractivity contribution in [3.63, 3.8) is 0 Å². The third-order valence-corrected chi connectivity index (χ3v) is 2.72. The van der Waals surface area contributed by atoms with Gasteiger partial charge in [-0.3, -0.25) is 9.78 Å². The van der Waals surface area contributed by atoms with E-state index < -0.39 is 0 Å². The molecule has 1 heterocycles. The van der Waals surface area contributed by atoms with E-state index in [4.69, 9.17) is 0 Å². The largest absolute Gasteiger partial charge is 0.337 e. The van der Waals surface area contributed by atoms with Gasteiger partial charge >= 0.3 is 0 Å². The maximum Gasteiger partial charge on any atom is 0.225 e. The highest BCUT2D eigenvalue weighted by Gasteiger charge is 2.22. The fraction of sp³-hybridized carbons (Fsp3) is 0.538. The van der Waals surface area contributed by atoms with E-state index in [1.807, 2.05) is 39.1 Å². The van der Waals surface area contributed by atoms with Crippen LogP contribution >= 0.6 is 0 Å². The topological polar surface area (TPSA) is 33.2 Å². The summed E-state index contributed by atoms with van der Waals surface area (Å²) >= 11 is 0. The maximum atomic E-state index is 11.9. The summed E-state index contributed by atoms with van der Waals surface area (Å²) in [6.45, 7) is 5.91. The summed E-state index contributed by atoms with van der Waals surface area (Å²) in [6.07, 6.45) is 2.65. The number of hydrogen-bond acceptors (Lipinski definition) is 2. The zero-order chi connectivity index (χ0) is 12.1. The lowest BCUT2D eigenvalue weighted by Gasteiger charge is -2.28. The molecule has 0 fully saturated rings. The van der Waals surface area contributed by atoms with E-state index in [1.165, 1.54) is 0 Å². The van der Waals surface area contributed by atoms with Gasteiger partial charge in [0.2, 0.25) is 5.91 Å². The van der Waals surface area contributed by atoms with Crippen LogP contribution in [0.2, 0.25) is 0 Å². The van der Waals surface area contributed by atoms with Gasteiger partial charge in [0.1, 0.15) is 0 Å². The monoisotopic (exact) mass is 220 g/mol. The van der Waals surface area contributed by atoms with Crippen molar-refractivity contribution in [1.29, 1.82) is 0 Å². The van der Waals surface area contributed by atoms with E-state index in [0.29, 0.717) is 0 Å². The number of hydrogen-bond donors (Lipinski definition) is 0. The van der Waals surface area contributed by atoms with Crippen LogP contribution in [-0.4, -0.2) is 22.8 Å². The van der Waals surface area contributed by atoms with Crippen LogP contribution in [0, 0.1) is 5.92 Å². The summed E-state index contributed by atoms with van der Waals surface area (Å²) < 4.78 is 0. The minimum atomic E-state index is 0.0303. The molecule has 0 saturated heterocycles. The Hall–Kier alpha value is -1.38. The summed E-state index contributed by atoms with van der Waals surface area (Å²) in [5, 5.41) is 0. The fourth-order valence-electron chi connectivity index (χ4n) is 1.82. The molecule has 0 aliphatic carbocycles. The predicted octanol–water partition coefficient (Wildman–Crippen LogP) is 2.65. The van der Waals surface area contributed by atoms with Crippen molar-refractivity contribution in [3.05, 3.63) is 30.1 Å². The third kappa shape index (κ3) is 2.81. The Kier molecular flexibility index (Phi) is 4.47. The highest BCUT2D eigenvalue weighted by atomic mass is 16.2. The van der Waals surface area contributed by atoms with Crippen molar-refractivity contribution in [1.82, 2.24) is 9.88 Å². The average Bonchev–Trinajstić information content (AvgIpc) is 2.30. The van der Waals surface area contributed by atoms with E-state index in [0.717, 1.165) is 12.1 Å². The minimum Gasteiger partial charge on any atom is -0.337 e. The molecule has 88 valence electrons. The summed E-state index contributed by atoms with van der Waals surface area (Å²) in [7, 11) is 1.85. The normalized spacial score (nSPS) is 12.6. The van der Waals surface area contributed by atoms with Gasteiger partial charge in [0.05, 0.1) is 11.7 Å². The van der Waals surface area contributed by atoms with Gasteiger partial charge < -0.3 is 4.90 Å². The Morgan fingerprint density at radius 1 is 1.44 bits per heavy atom. The molecule has 1 rings (SSSR count). The first-order valence-corrected chi connectivity index (χ1v) is 5.75. The van der Waals surface area contributed by atoms with Gasteiger partial charge in [-0.05, 0) is 18.6 Å². The lowest BCUT2D eigenvalue weighted by atomic mass is 10.1. The van der Waals surface area contributed by atoms with E-state index in [2.05, 4.69) is 11.9 Å². The molecule has 0 aliphatic heterocycles. The van der Waals surface area contributed by atoms with Gasteiger partial charge in [0, 0.05) is 19.2 Å². The first kappa shape index (κ1) is 12.7. The zero-order valence-electron chi connectivity index (χ0n) is 10.5. The first-order chi connectivity index (χ1) is 7.57. The molecule has 1 aromatic rings.